The number of rotatable bonds is 5. The molecule has 0 aliphatic rings. The number of hydrogen-bond donors (Lipinski definition) is 0. The summed E-state index contributed by atoms with van der Waals surface area (Å²) in [6.07, 6.45) is 2.39. The Balaban J connectivity index is 2.96. The van der Waals surface area contributed by atoms with Gasteiger partial charge in [0, 0.05) is 6.61 Å². The van der Waals surface area contributed by atoms with E-state index in [0.29, 0.717) is 0 Å². The van der Waals surface area contributed by atoms with Crippen molar-refractivity contribution in [2.75, 3.05) is 6.61 Å². The average Bonchev–Trinajstić information content (AvgIpc) is 1.89. The molecule has 1 nitrogen and oxygen atoms in total. The Kier molecular flexibility index (Phi) is 5.99. The molecule has 0 aliphatic heterocycles. The van der Waals surface area contributed by atoms with Gasteiger partial charge in [-0.3, -0.25) is 0 Å². The third-order valence-corrected chi connectivity index (χ3v) is 2.35. The molecule has 53 valence electrons. The highest BCUT2D eigenvalue weighted by molar-refractivity contribution is 6.55. The summed E-state index contributed by atoms with van der Waals surface area (Å²) in [6, 6.07) is 0. The van der Waals surface area contributed by atoms with Crippen molar-refractivity contribution in [2.24, 2.45) is 0 Å². The Morgan fingerprint density at radius 2 is 2.33 bits per heavy atom. The van der Waals surface area contributed by atoms with E-state index in [9.17, 15) is 0 Å². The zero-order chi connectivity index (χ0) is 7.11. The Bertz CT molecular complexity index is 73.3. The molecule has 0 saturated heterocycles. The Morgan fingerprint density at radius 3 is 2.78 bits per heavy atom. The van der Waals surface area contributed by atoms with Gasteiger partial charge in [-0.15, -0.1) is 6.58 Å². The first-order valence-electron chi connectivity index (χ1n) is 3.40. The van der Waals surface area contributed by atoms with Gasteiger partial charge in [-0.25, -0.2) is 0 Å². The molecule has 0 spiro atoms. The molecule has 0 atom stereocenters. The highest BCUT2D eigenvalue weighted by Gasteiger charge is 1.96. The molecule has 0 unspecified atom stereocenters. The van der Waals surface area contributed by atoms with Crippen molar-refractivity contribution in [2.45, 2.75) is 26.3 Å². The van der Waals surface area contributed by atoms with Gasteiger partial charge in [-0.1, -0.05) is 19.0 Å². The molecule has 0 heterocycles. The van der Waals surface area contributed by atoms with Gasteiger partial charge in [0.15, 0.2) is 0 Å². The van der Waals surface area contributed by atoms with E-state index in [-0.39, 0.29) is 0 Å². The normalized spacial score (nSPS) is 10.1. The molecule has 2 heteroatoms. The maximum atomic E-state index is 5.42. The minimum absolute atomic E-state index is 0.638. The van der Waals surface area contributed by atoms with Crippen LogP contribution >= 0.6 is 0 Å². The summed E-state index contributed by atoms with van der Waals surface area (Å²) in [5.74, 6) is 0. The van der Waals surface area contributed by atoms with E-state index in [4.69, 9.17) is 4.43 Å². The van der Waals surface area contributed by atoms with Crippen LogP contribution in [0.3, 0.4) is 0 Å². The monoisotopic (exact) mass is 143 g/mol. The fraction of sp³-hybridized carbons (Fsp3) is 0.714. The van der Waals surface area contributed by atoms with Crippen molar-refractivity contribution in [1.29, 1.82) is 0 Å². The minimum atomic E-state index is -0.638. The predicted octanol–water partition coefficient (Wildman–Crippen LogP) is 2.15. The Labute approximate surface area is 59.5 Å². The molecule has 0 amide bonds. The lowest BCUT2D eigenvalue weighted by atomic mass is 10.4. The Morgan fingerprint density at radius 1 is 1.67 bits per heavy atom. The molecule has 0 aromatic rings. The van der Waals surface area contributed by atoms with Gasteiger partial charge in [-0.05, 0) is 13.0 Å². The second-order valence-electron chi connectivity index (χ2n) is 2.02. The van der Waals surface area contributed by atoms with Gasteiger partial charge in [-0.2, -0.15) is 0 Å². The van der Waals surface area contributed by atoms with E-state index in [2.05, 4.69) is 20.0 Å². The molecule has 0 saturated carbocycles. The average molecular weight is 143 g/mol. The lowest BCUT2D eigenvalue weighted by Crippen LogP contribution is -2.10. The summed E-state index contributed by atoms with van der Waals surface area (Å²) >= 11 is 0. The molecule has 0 bridgehead atoms. The molecule has 0 fully saturated rings. The van der Waals surface area contributed by atoms with Crippen LogP contribution in [-0.2, 0) is 4.43 Å². The molecule has 0 rings (SSSR count). The zero-order valence-electron chi connectivity index (χ0n) is 6.31. The van der Waals surface area contributed by atoms with E-state index < -0.39 is 9.04 Å². The van der Waals surface area contributed by atoms with Crippen molar-refractivity contribution < 1.29 is 4.43 Å². The molecule has 1 radical (unpaired) electrons. The first kappa shape index (κ1) is 8.92. The fourth-order valence-corrected chi connectivity index (χ4v) is 1.02. The molecule has 0 N–H and O–H groups in total. The van der Waals surface area contributed by atoms with Crippen molar-refractivity contribution in [1.82, 2.24) is 0 Å². The van der Waals surface area contributed by atoms with Crippen LogP contribution in [0, 0.1) is 0 Å². The highest BCUT2D eigenvalue weighted by atomic mass is 28.3. The first-order valence-corrected chi connectivity index (χ1v) is 5.38. The molecular formula is C7H15OSi. The molecule has 0 aromatic heterocycles. The highest BCUT2D eigenvalue weighted by Crippen LogP contribution is 1.91. The largest absolute Gasteiger partial charge is 0.413 e. The SMILES string of the molecule is C=C[Si](C)OCCCC. The smallest absolute Gasteiger partial charge is 0.235 e. The van der Waals surface area contributed by atoms with E-state index in [1.165, 1.54) is 12.8 Å². The van der Waals surface area contributed by atoms with Crippen molar-refractivity contribution >= 4 is 9.04 Å². The number of hydrogen-bond acceptors (Lipinski definition) is 1. The van der Waals surface area contributed by atoms with Crippen LogP contribution in [-0.4, -0.2) is 15.6 Å². The van der Waals surface area contributed by atoms with Crippen molar-refractivity contribution in [3.05, 3.63) is 12.3 Å². The van der Waals surface area contributed by atoms with Crippen LogP contribution in [0.2, 0.25) is 6.55 Å². The van der Waals surface area contributed by atoms with Gasteiger partial charge in [0.25, 0.3) is 0 Å². The Hall–Kier alpha value is -0.0831. The second-order valence-corrected chi connectivity index (χ2v) is 3.94. The van der Waals surface area contributed by atoms with Crippen molar-refractivity contribution in [3.8, 4) is 0 Å². The summed E-state index contributed by atoms with van der Waals surface area (Å²) in [7, 11) is -0.638. The quantitative estimate of drug-likeness (QED) is 0.423. The molecule has 0 aromatic carbocycles. The molecule has 0 aliphatic carbocycles. The number of unbranched alkanes of at least 4 members (excludes halogenated alkanes) is 1. The zero-order valence-corrected chi connectivity index (χ0v) is 7.31. The summed E-state index contributed by atoms with van der Waals surface area (Å²) in [6.45, 7) is 8.84. The summed E-state index contributed by atoms with van der Waals surface area (Å²) in [4.78, 5) is 0. The third kappa shape index (κ3) is 5.79. The predicted molar refractivity (Wildman–Crippen MR) is 42.7 cm³/mol. The van der Waals surface area contributed by atoms with Crippen LogP contribution in [0.25, 0.3) is 0 Å². The van der Waals surface area contributed by atoms with Crippen LogP contribution in [0.1, 0.15) is 19.8 Å². The summed E-state index contributed by atoms with van der Waals surface area (Å²) < 4.78 is 5.42. The van der Waals surface area contributed by atoms with E-state index in [1.54, 1.807) is 0 Å². The third-order valence-electron chi connectivity index (χ3n) is 1.12. The second kappa shape index (κ2) is 6.04. The van der Waals surface area contributed by atoms with Crippen LogP contribution in [0.15, 0.2) is 12.3 Å². The standard InChI is InChI=1S/C7H15OSi/c1-4-6-7-8-9(3)5-2/h5H,2,4,6-7H2,1,3H3. The van der Waals surface area contributed by atoms with Gasteiger partial charge in [0.2, 0.25) is 9.04 Å². The van der Waals surface area contributed by atoms with Crippen LogP contribution < -0.4 is 0 Å². The topological polar surface area (TPSA) is 9.23 Å². The molecular weight excluding hydrogens is 128 g/mol. The molecule has 9 heavy (non-hydrogen) atoms. The maximum absolute atomic E-state index is 5.42. The van der Waals surface area contributed by atoms with Gasteiger partial charge in [0.1, 0.15) is 0 Å². The minimum Gasteiger partial charge on any atom is -0.413 e. The van der Waals surface area contributed by atoms with Crippen LogP contribution in [0.4, 0.5) is 0 Å². The van der Waals surface area contributed by atoms with Crippen LogP contribution in [0.5, 0.6) is 0 Å². The van der Waals surface area contributed by atoms with E-state index in [0.717, 1.165) is 6.61 Å². The van der Waals surface area contributed by atoms with Gasteiger partial charge >= 0.3 is 0 Å². The lowest BCUT2D eigenvalue weighted by molar-refractivity contribution is 0.320. The summed E-state index contributed by atoms with van der Waals surface area (Å²) in [5, 5.41) is 0. The van der Waals surface area contributed by atoms with E-state index in [1.807, 2.05) is 5.70 Å². The summed E-state index contributed by atoms with van der Waals surface area (Å²) in [5.41, 5.74) is 1.92. The van der Waals surface area contributed by atoms with Gasteiger partial charge in [0.05, 0.1) is 0 Å². The maximum Gasteiger partial charge on any atom is 0.235 e. The fourth-order valence-electron chi connectivity index (χ4n) is 0.436. The first-order chi connectivity index (χ1) is 4.31. The van der Waals surface area contributed by atoms with E-state index >= 15 is 0 Å². The lowest BCUT2D eigenvalue weighted by Gasteiger charge is -2.03. The van der Waals surface area contributed by atoms with Crippen molar-refractivity contribution in [3.63, 3.8) is 0 Å². The van der Waals surface area contributed by atoms with Gasteiger partial charge < -0.3 is 4.43 Å².